The average Bonchev–Trinajstić information content (AvgIpc) is 3.34. The summed E-state index contributed by atoms with van der Waals surface area (Å²) >= 11 is 0. The van der Waals surface area contributed by atoms with Crippen molar-refractivity contribution in [3.63, 3.8) is 0 Å². The van der Waals surface area contributed by atoms with Crippen molar-refractivity contribution in [3.8, 4) is 5.88 Å². The van der Waals surface area contributed by atoms with E-state index in [1.165, 1.54) is 12.3 Å². The molecule has 0 aromatic carbocycles. The maximum atomic E-state index is 13.7. The summed E-state index contributed by atoms with van der Waals surface area (Å²) in [5.74, 6) is -2.16. The van der Waals surface area contributed by atoms with Crippen LogP contribution in [0.4, 0.5) is 17.6 Å². The number of pyridine rings is 1. The minimum Gasteiger partial charge on any atom is -0.475 e. The van der Waals surface area contributed by atoms with E-state index in [0.29, 0.717) is 6.61 Å². The van der Waals surface area contributed by atoms with Crippen LogP contribution in [0.2, 0.25) is 0 Å². The highest BCUT2D eigenvalue weighted by atomic mass is 19.4. The standard InChI is InChI=1S/C18H21FN2O3.C2HF3O2/c19-16-5-1-7-20-17(16)24-15-10-18(23-12-15)6-3-8-21(13-18)11-14-4-2-9-22-14;3-2(4,5)1(6)7/h1-2,4-5,7,9,15H,3,6,8,10-13H2;(H,6,7)/t15-,18+;/m1./s1. The minimum absolute atomic E-state index is 0.0615. The van der Waals surface area contributed by atoms with E-state index in [0.717, 1.165) is 44.7 Å². The molecule has 4 heterocycles. The Balaban J connectivity index is 0.000000339. The zero-order valence-electron chi connectivity index (χ0n) is 16.5. The van der Waals surface area contributed by atoms with Gasteiger partial charge in [-0.25, -0.2) is 14.2 Å². The summed E-state index contributed by atoms with van der Waals surface area (Å²) in [6, 6.07) is 6.82. The Morgan fingerprint density at radius 3 is 2.77 bits per heavy atom. The normalized spacial score (nSPS) is 23.9. The van der Waals surface area contributed by atoms with E-state index in [4.69, 9.17) is 23.8 Å². The number of nitrogens with zero attached hydrogens (tertiary/aromatic N) is 2. The second kappa shape index (κ2) is 9.65. The molecule has 11 heteroatoms. The number of aromatic nitrogens is 1. The topological polar surface area (TPSA) is 85.0 Å². The summed E-state index contributed by atoms with van der Waals surface area (Å²) in [7, 11) is 0. The van der Waals surface area contributed by atoms with Gasteiger partial charge in [-0.3, -0.25) is 4.90 Å². The van der Waals surface area contributed by atoms with Crippen LogP contribution in [-0.4, -0.2) is 58.5 Å². The zero-order valence-corrected chi connectivity index (χ0v) is 16.5. The number of piperidine rings is 1. The van der Waals surface area contributed by atoms with Crippen molar-refractivity contribution in [2.45, 2.75) is 43.7 Å². The second-order valence-electron chi connectivity index (χ2n) is 7.42. The summed E-state index contributed by atoms with van der Waals surface area (Å²) < 4.78 is 62.7. The van der Waals surface area contributed by atoms with Gasteiger partial charge < -0.3 is 19.0 Å². The zero-order chi connectivity index (χ0) is 22.5. The number of alkyl halides is 3. The molecule has 2 fully saturated rings. The molecular weight excluding hydrogens is 424 g/mol. The molecule has 2 aliphatic heterocycles. The van der Waals surface area contributed by atoms with Crippen molar-refractivity contribution in [1.29, 1.82) is 0 Å². The average molecular weight is 446 g/mol. The van der Waals surface area contributed by atoms with Gasteiger partial charge in [0.15, 0.2) is 5.82 Å². The molecule has 2 saturated heterocycles. The Morgan fingerprint density at radius 2 is 2.13 bits per heavy atom. The molecule has 0 bridgehead atoms. The molecule has 7 nitrogen and oxygen atoms in total. The summed E-state index contributed by atoms with van der Waals surface area (Å²) in [5.41, 5.74) is -0.208. The molecule has 0 unspecified atom stereocenters. The van der Waals surface area contributed by atoms with Crippen LogP contribution >= 0.6 is 0 Å². The lowest BCUT2D eigenvalue weighted by molar-refractivity contribution is -0.192. The number of halogens is 4. The summed E-state index contributed by atoms with van der Waals surface area (Å²) in [6.45, 7) is 3.15. The first-order valence-electron chi connectivity index (χ1n) is 9.63. The second-order valence-corrected chi connectivity index (χ2v) is 7.42. The number of rotatable bonds is 4. The van der Waals surface area contributed by atoms with Gasteiger partial charge in [-0.05, 0) is 43.7 Å². The van der Waals surface area contributed by atoms with E-state index in [1.807, 2.05) is 12.1 Å². The van der Waals surface area contributed by atoms with Crippen molar-refractivity contribution in [3.05, 3.63) is 48.3 Å². The number of ether oxygens (including phenoxy) is 2. The van der Waals surface area contributed by atoms with Crippen LogP contribution in [0.15, 0.2) is 41.1 Å². The van der Waals surface area contributed by atoms with Crippen LogP contribution in [0.3, 0.4) is 0 Å². The van der Waals surface area contributed by atoms with Gasteiger partial charge in [-0.2, -0.15) is 13.2 Å². The third-order valence-corrected chi connectivity index (χ3v) is 5.00. The molecule has 31 heavy (non-hydrogen) atoms. The van der Waals surface area contributed by atoms with Crippen molar-refractivity contribution >= 4 is 5.97 Å². The van der Waals surface area contributed by atoms with Gasteiger partial charge in [0.1, 0.15) is 11.9 Å². The predicted octanol–water partition coefficient (Wildman–Crippen LogP) is 3.65. The number of hydrogen-bond acceptors (Lipinski definition) is 6. The fourth-order valence-electron chi connectivity index (χ4n) is 3.73. The van der Waals surface area contributed by atoms with Crippen molar-refractivity contribution in [2.75, 3.05) is 19.7 Å². The largest absolute Gasteiger partial charge is 0.490 e. The third-order valence-electron chi connectivity index (χ3n) is 5.00. The first-order valence-corrected chi connectivity index (χ1v) is 9.63. The molecule has 0 saturated carbocycles. The Hall–Kier alpha value is -2.66. The van der Waals surface area contributed by atoms with Crippen LogP contribution in [-0.2, 0) is 16.1 Å². The fraction of sp³-hybridized carbons (Fsp3) is 0.500. The van der Waals surface area contributed by atoms with E-state index in [-0.39, 0.29) is 17.6 Å². The quantitative estimate of drug-likeness (QED) is 0.718. The first-order chi connectivity index (χ1) is 14.7. The highest BCUT2D eigenvalue weighted by molar-refractivity contribution is 5.73. The van der Waals surface area contributed by atoms with Crippen LogP contribution in [0.25, 0.3) is 0 Å². The van der Waals surface area contributed by atoms with Gasteiger partial charge >= 0.3 is 12.1 Å². The number of hydrogen-bond donors (Lipinski definition) is 1. The van der Waals surface area contributed by atoms with E-state index in [2.05, 4.69) is 9.88 Å². The van der Waals surface area contributed by atoms with Crippen LogP contribution in [0, 0.1) is 5.82 Å². The molecule has 0 aliphatic carbocycles. The van der Waals surface area contributed by atoms with E-state index in [1.54, 1.807) is 12.3 Å². The SMILES string of the molecule is Fc1cccnc1O[C@H]1CO[C@@]2(CCCN(Cc3ccco3)C2)C1.O=C(O)C(F)(F)F. The number of furan rings is 1. The minimum atomic E-state index is -5.08. The first kappa shape index (κ1) is 23.0. The maximum Gasteiger partial charge on any atom is 0.490 e. The molecule has 2 atom stereocenters. The monoisotopic (exact) mass is 446 g/mol. The van der Waals surface area contributed by atoms with Crippen molar-refractivity contribution in [1.82, 2.24) is 9.88 Å². The van der Waals surface area contributed by atoms with E-state index in [9.17, 15) is 17.6 Å². The Morgan fingerprint density at radius 1 is 1.35 bits per heavy atom. The van der Waals surface area contributed by atoms with Crippen LogP contribution < -0.4 is 4.74 Å². The molecule has 4 rings (SSSR count). The van der Waals surface area contributed by atoms with Gasteiger partial charge in [-0.15, -0.1) is 0 Å². The van der Waals surface area contributed by atoms with E-state index >= 15 is 0 Å². The van der Waals surface area contributed by atoms with Crippen LogP contribution in [0.1, 0.15) is 25.0 Å². The highest BCUT2D eigenvalue weighted by Gasteiger charge is 2.44. The Kier molecular flexibility index (Phi) is 7.16. The number of carboxylic acid groups (broad SMARTS) is 1. The molecular formula is C20H22F4N2O5. The molecule has 2 aromatic rings. The third kappa shape index (κ3) is 6.41. The van der Waals surface area contributed by atoms with Gasteiger partial charge in [-0.1, -0.05) is 0 Å². The molecule has 1 N–H and O–H groups in total. The molecule has 170 valence electrons. The van der Waals surface area contributed by atoms with E-state index < -0.39 is 18.0 Å². The molecule has 0 radical (unpaired) electrons. The number of carbonyl (C=O) groups is 1. The van der Waals surface area contributed by atoms with Gasteiger partial charge in [0.2, 0.25) is 0 Å². The van der Waals surface area contributed by atoms with Crippen LogP contribution in [0.5, 0.6) is 5.88 Å². The summed E-state index contributed by atoms with van der Waals surface area (Å²) in [5, 5.41) is 7.12. The van der Waals surface area contributed by atoms with Gasteiger partial charge in [0.05, 0.1) is 25.0 Å². The Bertz CT molecular complexity index is 862. The molecule has 2 aliphatic rings. The van der Waals surface area contributed by atoms with Gasteiger partial charge in [0.25, 0.3) is 5.88 Å². The number of carboxylic acids is 1. The number of likely N-dealkylation sites (tertiary alicyclic amines) is 1. The van der Waals surface area contributed by atoms with Crippen molar-refractivity contribution in [2.24, 2.45) is 0 Å². The molecule has 1 spiro atoms. The lowest BCUT2D eigenvalue weighted by Crippen LogP contribution is -2.47. The fourth-order valence-corrected chi connectivity index (χ4v) is 3.73. The molecule has 0 amide bonds. The maximum absolute atomic E-state index is 13.7. The highest BCUT2D eigenvalue weighted by Crippen LogP contribution is 2.36. The lowest BCUT2D eigenvalue weighted by Gasteiger charge is -2.39. The summed E-state index contributed by atoms with van der Waals surface area (Å²) in [6.07, 6.45) is 0.843. The predicted molar refractivity (Wildman–Crippen MR) is 98.8 cm³/mol. The lowest BCUT2D eigenvalue weighted by atomic mass is 9.89. The summed E-state index contributed by atoms with van der Waals surface area (Å²) in [4.78, 5) is 15.2. The van der Waals surface area contributed by atoms with Gasteiger partial charge in [0, 0.05) is 19.2 Å². The van der Waals surface area contributed by atoms with Crippen molar-refractivity contribution < 1.29 is 41.4 Å². The smallest absolute Gasteiger partial charge is 0.475 e. The Labute approximate surface area is 175 Å². The number of aliphatic carboxylic acids is 1. The molecule has 2 aromatic heterocycles.